The van der Waals surface area contributed by atoms with E-state index in [2.05, 4.69) is 60.8 Å². The summed E-state index contributed by atoms with van der Waals surface area (Å²) in [5.41, 5.74) is 5.34. The van der Waals surface area contributed by atoms with E-state index in [1.54, 1.807) is 12.4 Å². The standard InChI is InChI=1S/C31H35N7O/c39-31(36-28-8-5-15-32-22-28)37-18-13-30(14-19-37)38(24-29-7-2-4-17-35-29)23-26-11-9-25(10-12-26)20-33-21-27-6-1-3-16-34-27/h1-12,15-17,22,30,33H,13-14,18-21,23-24H2,(H,36,39). The third-order valence-electron chi connectivity index (χ3n) is 7.04. The molecule has 0 radical (unpaired) electrons. The highest BCUT2D eigenvalue weighted by Gasteiger charge is 2.27. The number of nitrogens with one attached hydrogen (secondary N) is 2. The van der Waals surface area contributed by atoms with E-state index < -0.39 is 0 Å². The highest BCUT2D eigenvalue weighted by atomic mass is 16.2. The molecule has 200 valence electrons. The zero-order chi connectivity index (χ0) is 26.7. The lowest BCUT2D eigenvalue weighted by atomic mass is 10.0. The zero-order valence-electron chi connectivity index (χ0n) is 22.1. The van der Waals surface area contributed by atoms with Crippen LogP contribution in [-0.4, -0.2) is 49.9 Å². The molecule has 0 atom stereocenters. The lowest BCUT2D eigenvalue weighted by Crippen LogP contribution is -2.47. The van der Waals surface area contributed by atoms with Crippen LogP contribution >= 0.6 is 0 Å². The number of aromatic nitrogens is 3. The number of benzene rings is 1. The predicted molar refractivity (Wildman–Crippen MR) is 153 cm³/mol. The molecular weight excluding hydrogens is 486 g/mol. The highest BCUT2D eigenvalue weighted by molar-refractivity contribution is 5.89. The number of rotatable bonds is 10. The lowest BCUT2D eigenvalue weighted by Gasteiger charge is -2.38. The summed E-state index contributed by atoms with van der Waals surface area (Å²) in [5.74, 6) is 0. The van der Waals surface area contributed by atoms with Gasteiger partial charge in [0.25, 0.3) is 0 Å². The average Bonchev–Trinajstić information content (AvgIpc) is 2.99. The molecule has 2 N–H and O–H groups in total. The number of amides is 2. The topological polar surface area (TPSA) is 86.3 Å². The molecule has 2 amide bonds. The van der Waals surface area contributed by atoms with Gasteiger partial charge < -0.3 is 15.5 Å². The Morgan fingerprint density at radius 1 is 0.795 bits per heavy atom. The van der Waals surface area contributed by atoms with Crippen LogP contribution in [0.3, 0.4) is 0 Å². The van der Waals surface area contributed by atoms with Crippen LogP contribution in [0.2, 0.25) is 0 Å². The first-order valence-electron chi connectivity index (χ1n) is 13.5. The van der Waals surface area contributed by atoms with Gasteiger partial charge in [0.1, 0.15) is 0 Å². The Morgan fingerprint density at radius 3 is 2.18 bits per heavy atom. The molecule has 0 bridgehead atoms. The van der Waals surface area contributed by atoms with Crippen molar-refractivity contribution in [3.63, 3.8) is 0 Å². The van der Waals surface area contributed by atoms with Crippen LogP contribution in [-0.2, 0) is 26.2 Å². The van der Waals surface area contributed by atoms with Crippen molar-refractivity contribution in [2.75, 3.05) is 18.4 Å². The summed E-state index contributed by atoms with van der Waals surface area (Å²) in [4.78, 5) is 30.2. The number of piperidine rings is 1. The fourth-order valence-electron chi connectivity index (χ4n) is 4.92. The van der Waals surface area contributed by atoms with Crippen LogP contribution in [0.1, 0.15) is 35.4 Å². The molecule has 1 aliphatic rings. The minimum absolute atomic E-state index is 0.0648. The van der Waals surface area contributed by atoms with Gasteiger partial charge in [-0.15, -0.1) is 0 Å². The van der Waals surface area contributed by atoms with Crippen molar-refractivity contribution in [3.8, 4) is 0 Å². The van der Waals surface area contributed by atoms with Crippen LogP contribution in [0.15, 0.2) is 97.6 Å². The van der Waals surface area contributed by atoms with E-state index in [0.29, 0.717) is 6.04 Å². The summed E-state index contributed by atoms with van der Waals surface area (Å²) >= 11 is 0. The van der Waals surface area contributed by atoms with E-state index >= 15 is 0 Å². The molecular formula is C31H35N7O. The Bertz CT molecular complexity index is 1280. The molecule has 8 nitrogen and oxygen atoms in total. The van der Waals surface area contributed by atoms with Gasteiger partial charge in [-0.3, -0.25) is 19.9 Å². The minimum atomic E-state index is -0.0648. The second-order valence-corrected chi connectivity index (χ2v) is 9.86. The highest BCUT2D eigenvalue weighted by Crippen LogP contribution is 2.22. The van der Waals surface area contributed by atoms with Crippen molar-refractivity contribution in [3.05, 3.63) is 120 Å². The maximum atomic E-state index is 12.8. The van der Waals surface area contributed by atoms with Gasteiger partial charge in [-0.25, -0.2) is 4.79 Å². The summed E-state index contributed by atoms with van der Waals surface area (Å²) in [6.45, 7) is 4.60. The Balaban J connectivity index is 1.17. The lowest BCUT2D eigenvalue weighted by molar-refractivity contribution is 0.108. The molecule has 8 heteroatoms. The third kappa shape index (κ3) is 7.92. The van der Waals surface area contributed by atoms with Crippen molar-refractivity contribution in [1.29, 1.82) is 0 Å². The monoisotopic (exact) mass is 521 g/mol. The summed E-state index contributed by atoms with van der Waals surface area (Å²) in [6.07, 6.45) is 8.88. The van der Waals surface area contributed by atoms with Gasteiger partial charge >= 0.3 is 6.03 Å². The van der Waals surface area contributed by atoms with Gasteiger partial charge in [0.15, 0.2) is 0 Å². The van der Waals surface area contributed by atoms with Crippen molar-refractivity contribution in [2.45, 2.75) is 45.1 Å². The Hall–Kier alpha value is -4.14. The Labute approximate surface area is 230 Å². The molecule has 0 aliphatic carbocycles. The zero-order valence-corrected chi connectivity index (χ0v) is 22.1. The first-order valence-corrected chi connectivity index (χ1v) is 13.5. The molecule has 4 heterocycles. The molecule has 0 unspecified atom stereocenters. The van der Waals surface area contributed by atoms with Crippen LogP contribution in [0.5, 0.6) is 0 Å². The van der Waals surface area contributed by atoms with E-state index in [1.807, 2.05) is 59.8 Å². The number of carbonyl (C=O) groups excluding carboxylic acids is 1. The van der Waals surface area contributed by atoms with Crippen LogP contribution in [0.4, 0.5) is 10.5 Å². The number of likely N-dealkylation sites (tertiary alicyclic amines) is 1. The van der Waals surface area contributed by atoms with Crippen LogP contribution < -0.4 is 10.6 Å². The van der Waals surface area contributed by atoms with Gasteiger partial charge in [0, 0.05) is 63.9 Å². The number of pyridine rings is 3. The molecule has 0 saturated carbocycles. The van der Waals surface area contributed by atoms with E-state index in [-0.39, 0.29) is 6.03 Å². The summed E-state index contributed by atoms with van der Waals surface area (Å²) < 4.78 is 0. The summed E-state index contributed by atoms with van der Waals surface area (Å²) in [7, 11) is 0. The SMILES string of the molecule is O=C(Nc1cccnc1)N1CCC(N(Cc2ccc(CNCc3ccccn3)cc2)Cc2ccccn2)CC1. The molecule has 4 aromatic rings. The number of carbonyl (C=O) groups is 1. The summed E-state index contributed by atoms with van der Waals surface area (Å²) in [6, 6.07) is 24.9. The van der Waals surface area contributed by atoms with E-state index in [9.17, 15) is 4.79 Å². The number of hydrogen-bond donors (Lipinski definition) is 2. The van der Waals surface area contributed by atoms with E-state index in [1.165, 1.54) is 11.1 Å². The van der Waals surface area contributed by atoms with Gasteiger partial charge in [-0.2, -0.15) is 0 Å². The number of nitrogens with zero attached hydrogens (tertiary/aromatic N) is 5. The maximum absolute atomic E-state index is 12.8. The smallest absolute Gasteiger partial charge is 0.321 e. The predicted octanol–water partition coefficient (Wildman–Crippen LogP) is 4.86. The van der Waals surface area contributed by atoms with Crippen LogP contribution in [0.25, 0.3) is 0 Å². The maximum Gasteiger partial charge on any atom is 0.321 e. The van der Waals surface area contributed by atoms with Crippen molar-refractivity contribution < 1.29 is 4.79 Å². The normalized spacial score (nSPS) is 13.9. The van der Waals surface area contributed by atoms with Gasteiger partial charge in [0.05, 0.1) is 23.3 Å². The molecule has 1 aromatic carbocycles. The van der Waals surface area contributed by atoms with Crippen molar-refractivity contribution >= 4 is 11.7 Å². The average molecular weight is 522 g/mol. The first kappa shape index (κ1) is 26.5. The van der Waals surface area contributed by atoms with Gasteiger partial charge in [0.2, 0.25) is 0 Å². The molecule has 1 saturated heterocycles. The second kappa shape index (κ2) is 13.6. The fraction of sp³-hybridized carbons (Fsp3) is 0.290. The minimum Gasteiger partial charge on any atom is -0.324 e. The first-order chi connectivity index (χ1) is 19.2. The molecule has 3 aromatic heterocycles. The largest absolute Gasteiger partial charge is 0.324 e. The molecule has 1 fully saturated rings. The van der Waals surface area contributed by atoms with Gasteiger partial charge in [-0.1, -0.05) is 36.4 Å². The molecule has 1 aliphatic heterocycles. The Kier molecular flexibility index (Phi) is 9.23. The fourth-order valence-corrected chi connectivity index (χ4v) is 4.92. The van der Waals surface area contributed by atoms with Gasteiger partial charge in [-0.05, 0) is 60.4 Å². The second-order valence-electron chi connectivity index (χ2n) is 9.86. The number of urea groups is 1. The third-order valence-corrected chi connectivity index (χ3v) is 7.04. The molecule has 39 heavy (non-hydrogen) atoms. The van der Waals surface area contributed by atoms with E-state index in [0.717, 1.165) is 69.2 Å². The van der Waals surface area contributed by atoms with Crippen molar-refractivity contribution in [1.82, 2.24) is 30.1 Å². The van der Waals surface area contributed by atoms with Crippen LogP contribution in [0, 0.1) is 0 Å². The Morgan fingerprint density at radius 2 is 1.51 bits per heavy atom. The molecule has 0 spiro atoms. The van der Waals surface area contributed by atoms with Crippen molar-refractivity contribution in [2.24, 2.45) is 0 Å². The quantitative estimate of drug-likeness (QED) is 0.310. The molecule has 5 rings (SSSR count). The number of hydrogen-bond acceptors (Lipinski definition) is 6. The summed E-state index contributed by atoms with van der Waals surface area (Å²) in [5, 5.41) is 6.43. The number of anilines is 1. The van der Waals surface area contributed by atoms with E-state index in [4.69, 9.17) is 0 Å².